The van der Waals surface area contributed by atoms with E-state index in [0.717, 1.165) is 16.5 Å². The Morgan fingerprint density at radius 2 is 2.00 bits per heavy atom. The van der Waals surface area contributed by atoms with Crippen LogP contribution in [-0.4, -0.2) is 13.1 Å². The van der Waals surface area contributed by atoms with Crippen molar-refractivity contribution in [3.8, 4) is 0 Å². The van der Waals surface area contributed by atoms with Crippen LogP contribution in [0, 0.1) is 0 Å². The van der Waals surface area contributed by atoms with E-state index >= 15 is 0 Å². The van der Waals surface area contributed by atoms with Crippen molar-refractivity contribution in [2.45, 2.75) is 19.3 Å². The zero-order valence-corrected chi connectivity index (χ0v) is 9.87. The number of hydrogen-bond donors (Lipinski definition) is 0. The molecule has 0 spiro atoms. The number of halogens is 1. The maximum absolute atomic E-state index is 11.4. The summed E-state index contributed by atoms with van der Waals surface area (Å²) in [6.07, 6.45) is 0.758. The van der Waals surface area contributed by atoms with Gasteiger partial charge in [0.25, 0.3) is 0 Å². The van der Waals surface area contributed by atoms with E-state index in [9.17, 15) is 4.79 Å². The predicted octanol–water partition coefficient (Wildman–Crippen LogP) is 3.12. The summed E-state index contributed by atoms with van der Waals surface area (Å²) in [4.78, 5) is 11.4. The highest BCUT2D eigenvalue weighted by Gasteiger charge is 2.18. The van der Waals surface area contributed by atoms with Crippen LogP contribution in [0.15, 0.2) is 28.7 Å². The van der Waals surface area contributed by atoms with Gasteiger partial charge in [0.2, 0.25) is 0 Å². The Bertz CT molecular complexity index is 306. The van der Waals surface area contributed by atoms with E-state index in [1.165, 1.54) is 7.11 Å². The molecule has 1 atom stereocenters. The zero-order valence-electron chi connectivity index (χ0n) is 8.29. The Hall–Kier alpha value is -0.830. The molecule has 14 heavy (non-hydrogen) atoms. The molecule has 0 radical (unpaired) electrons. The largest absolute Gasteiger partial charge is 0.469 e. The van der Waals surface area contributed by atoms with E-state index in [-0.39, 0.29) is 11.9 Å². The molecule has 0 aliphatic heterocycles. The second-order valence-electron chi connectivity index (χ2n) is 3.04. The summed E-state index contributed by atoms with van der Waals surface area (Å²) in [7, 11) is 1.42. The first-order chi connectivity index (χ1) is 6.69. The van der Waals surface area contributed by atoms with E-state index in [2.05, 4.69) is 15.9 Å². The molecule has 0 saturated heterocycles. The van der Waals surface area contributed by atoms with Crippen molar-refractivity contribution < 1.29 is 9.53 Å². The fourth-order valence-corrected chi connectivity index (χ4v) is 1.64. The maximum Gasteiger partial charge on any atom is 0.313 e. The van der Waals surface area contributed by atoms with Gasteiger partial charge < -0.3 is 4.74 Å². The molecule has 0 bridgehead atoms. The van der Waals surface area contributed by atoms with Crippen molar-refractivity contribution in [1.29, 1.82) is 0 Å². The molecule has 0 fully saturated rings. The molecule has 2 nitrogen and oxygen atoms in total. The average Bonchev–Trinajstić information content (AvgIpc) is 2.21. The minimum absolute atomic E-state index is 0.145. The van der Waals surface area contributed by atoms with Crippen molar-refractivity contribution in [3.05, 3.63) is 34.3 Å². The topological polar surface area (TPSA) is 26.3 Å². The monoisotopic (exact) mass is 256 g/mol. The van der Waals surface area contributed by atoms with Crippen molar-refractivity contribution in [3.63, 3.8) is 0 Å². The summed E-state index contributed by atoms with van der Waals surface area (Å²) in [6.45, 7) is 1.98. The molecule has 0 N–H and O–H groups in total. The van der Waals surface area contributed by atoms with Crippen molar-refractivity contribution >= 4 is 21.9 Å². The Morgan fingerprint density at radius 3 is 2.43 bits per heavy atom. The van der Waals surface area contributed by atoms with Crippen LogP contribution < -0.4 is 0 Å². The molecule has 1 unspecified atom stereocenters. The molecule has 76 valence electrons. The second-order valence-corrected chi connectivity index (χ2v) is 3.95. The van der Waals surface area contributed by atoms with Crippen LogP contribution in [-0.2, 0) is 9.53 Å². The molecule has 0 saturated carbocycles. The predicted molar refractivity (Wildman–Crippen MR) is 59.2 cm³/mol. The van der Waals surface area contributed by atoms with E-state index < -0.39 is 0 Å². The molecule has 0 heterocycles. The molecule has 1 aromatic carbocycles. The van der Waals surface area contributed by atoms with Crippen molar-refractivity contribution in [1.82, 2.24) is 0 Å². The lowest BCUT2D eigenvalue weighted by Crippen LogP contribution is -2.13. The third-order valence-corrected chi connectivity index (χ3v) is 2.69. The number of rotatable bonds is 3. The molecule has 3 heteroatoms. The fourth-order valence-electron chi connectivity index (χ4n) is 1.38. The van der Waals surface area contributed by atoms with Gasteiger partial charge in [-0.2, -0.15) is 0 Å². The lowest BCUT2D eigenvalue weighted by atomic mass is 9.97. The summed E-state index contributed by atoms with van der Waals surface area (Å²) < 4.78 is 5.75. The number of ether oxygens (including phenoxy) is 1. The first-order valence-electron chi connectivity index (χ1n) is 4.52. The summed E-state index contributed by atoms with van der Waals surface area (Å²) in [5.74, 6) is -0.317. The van der Waals surface area contributed by atoms with Crippen LogP contribution in [0.25, 0.3) is 0 Å². The Labute approximate surface area is 92.4 Å². The maximum atomic E-state index is 11.4. The van der Waals surface area contributed by atoms with Crippen LogP contribution in [0.1, 0.15) is 24.8 Å². The first-order valence-corrected chi connectivity index (χ1v) is 5.31. The van der Waals surface area contributed by atoms with Crippen LogP contribution in [0.5, 0.6) is 0 Å². The average molecular weight is 257 g/mol. The molecule has 0 aliphatic carbocycles. The minimum Gasteiger partial charge on any atom is -0.469 e. The number of hydrogen-bond acceptors (Lipinski definition) is 2. The fraction of sp³-hybridized carbons (Fsp3) is 0.364. The van der Waals surface area contributed by atoms with Gasteiger partial charge in [-0.3, -0.25) is 4.79 Å². The quantitative estimate of drug-likeness (QED) is 0.777. The Kier molecular flexibility index (Phi) is 4.14. The second kappa shape index (κ2) is 5.15. The molecular formula is C11H13BrO2. The van der Waals surface area contributed by atoms with Gasteiger partial charge in [-0.25, -0.2) is 0 Å². The molecule has 1 rings (SSSR count). The minimum atomic E-state index is -0.171. The number of esters is 1. The summed E-state index contributed by atoms with van der Waals surface area (Å²) >= 11 is 3.35. The molecule has 0 aromatic heterocycles. The van der Waals surface area contributed by atoms with E-state index in [1.54, 1.807) is 0 Å². The van der Waals surface area contributed by atoms with Gasteiger partial charge in [-0.05, 0) is 24.1 Å². The van der Waals surface area contributed by atoms with Gasteiger partial charge in [-0.15, -0.1) is 0 Å². The SMILES string of the molecule is CCC(C(=O)OC)c1ccc(Br)cc1. The van der Waals surface area contributed by atoms with Crippen LogP contribution in [0.2, 0.25) is 0 Å². The number of methoxy groups -OCH3 is 1. The third kappa shape index (κ3) is 2.58. The number of carbonyl (C=O) groups excluding carboxylic acids is 1. The lowest BCUT2D eigenvalue weighted by molar-refractivity contribution is -0.142. The summed E-state index contributed by atoms with van der Waals surface area (Å²) in [6, 6.07) is 7.74. The third-order valence-electron chi connectivity index (χ3n) is 2.17. The van der Waals surface area contributed by atoms with Crippen molar-refractivity contribution in [2.75, 3.05) is 7.11 Å². The molecule has 0 amide bonds. The zero-order chi connectivity index (χ0) is 10.6. The van der Waals surface area contributed by atoms with Gasteiger partial charge >= 0.3 is 5.97 Å². The summed E-state index contributed by atoms with van der Waals surface area (Å²) in [5.41, 5.74) is 1.00. The summed E-state index contributed by atoms with van der Waals surface area (Å²) in [5, 5.41) is 0. The normalized spacial score (nSPS) is 12.2. The number of carbonyl (C=O) groups is 1. The lowest BCUT2D eigenvalue weighted by Gasteiger charge is -2.12. The smallest absolute Gasteiger partial charge is 0.313 e. The highest BCUT2D eigenvalue weighted by molar-refractivity contribution is 9.10. The Balaban J connectivity index is 2.89. The van der Waals surface area contributed by atoms with Crippen molar-refractivity contribution in [2.24, 2.45) is 0 Å². The standard InChI is InChI=1S/C11H13BrO2/c1-3-10(11(13)14-2)8-4-6-9(12)7-5-8/h4-7,10H,3H2,1-2H3. The number of benzene rings is 1. The highest BCUT2D eigenvalue weighted by Crippen LogP contribution is 2.22. The van der Waals surface area contributed by atoms with Gasteiger partial charge in [-0.1, -0.05) is 35.0 Å². The Morgan fingerprint density at radius 1 is 1.43 bits per heavy atom. The molecular weight excluding hydrogens is 244 g/mol. The van der Waals surface area contributed by atoms with Crippen LogP contribution in [0.4, 0.5) is 0 Å². The molecule has 1 aromatic rings. The van der Waals surface area contributed by atoms with Gasteiger partial charge in [0.1, 0.15) is 0 Å². The molecule has 0 aliphatic rings. The van der Waals surface area contributed by atoms with E-state index in [4.69, 9.17) is 4.74 Å². The van der Waals surface area contributed by atoms with Gasteiger partial charge in [0, 0.05) is 4.47 Å². The highest BCUT2D eigenvalue weighted by atomic mass is 79.9. The van der Waals surface area contributed by atoms with Gasteiger partial charge in [0.05, 0.1) is 13.0 Å². The van der Waals surface area contributed by atoms with Crippen LogP contribution in [0.3, 0.4) is 0 Å². The first kappa shape index (κ1) is 11.2. The van der Waals surface area contributed by atoms with Gasteiger partial charge in [0.15, 0.2) is 0 Å². The van der Waals surface area contributed by atoms with E-state index in [0.29, 0.717) is 0 Å². The van der Waals surface area contributed by atoms with E-state index in [1.807, 2.05) is 31.2 Å². The van der Waals surface area contributed by atoms with Crippen LogP contribution >= 0.6 is 15.9 Å².